The van der Waals surface area contributed by atoms with E-state index in [-0.39, 0.29) is 5.56 Å². The molecule has 5 aromatic rings. The lowest BCUT2D eigenvalue weighted by Crippen LogP contribution is -2.11. The topological polar surface area (TPSA) is 73.9 Å². The van der Waals surface area contributed by atoms with Crippen LogP contribution in [0.4, 0.5) is 5.69 Å². The fraction of sp³-hybridized carbons (Fsp3) is 0. The van der Waals surface area contributed by atoms with Gasteiger partial charge in [0.2, 0.25) is 0 Å². The normalized spacial score (nSPS) is 11.6. The molecule has 3 aromatic carbocycles. The number of aromatic nitrogens is 3. The zero-order valence-corrected chi connectivity index (χ0v) is 14.9. The summed E-state index contributed by atoms with van der Waals surface area (Å²) in [5, 5.41) is 0.967. The molecule has 0 spiro atoms. The molecule has 5 nitrogen and oxygen atoms in total. The number of fused-ring (bicyclic) bond motifs is 2. The molecule has 5 heteroatoms. The number of H-pyrrole nitrogens is 2. The van der Waals surface area contributed by atoms with Crippen LogP contribution < -0.4 is 5.56 Å². The van der Waals surface area contributed by atoms with Gasteiger partial charge in [-0.25, -0.2) is 4.98 Å². The minimum atomic E-state index is -0.163. The molecule has 5 rings (SSSR count). The molecule has 0 aliphatic rings. The van der Waals surface area contributed by atoms with Crippen molar-refractivity contribution < 1.29 is 0 Å². The molecule has 0 unspecified atom stereocenters. The zero-order valence-electron chi connectivity index (χ0n) is 14.9. The lowest BCUT2D eigenvalue weighted by Gasteiger charge is -2.02. The number of hydrogen-bond acceptors (Lipinski definition) is 3. The van der Waals surface area contributed by atoms with Gasteiger partial charge in [-0.05, 0) is 41.8 Å². The summed E-state index contributed by atoms with van der Waals surface area (Å²) in [5.74, 6) is 0.751. The largest absolute Gasteiger partial charge is 0.338 e. The maximum atomic E-state index is 12.4. The summed E-state index contributed by atoms with van der Waals surface area (Å²) in [6, 6.07) is 25.2. The number of benzene rings is 3. The summed E-state index contributed by atoms with van der Waals surface area (Å²) in [6.45, 7) is 0. The van der Waals surface area contributed by atoms with Crippen LogP contribution in [0.2, 0.25) is 0 Å². The maximum Gasteiger partial charge on any atom is 0.257 e. The predicted octanol–water partition coefficient (Wildman–Crippen LogP) is 4.82. The second-order valence-corrected chi connectivity index (χ2v) is 6.52. The average molecular weight is 364 g/mol. The standard InChI is InChI=1S/C23H16N4O/c28-23-16(13-15-7-1-3-9-18(15)27-23)14-24-19-10-4-2-8-17(19)22-25-20-11-5-6-12-21(20)26-22/h1-14H,(H,25,26)(H,27,28). The molecule has 0 amide bonds. The molecule has 0 radical (unpaired) electrons. The molecule has 0 fully saturated rings. The zero-order chi connectivity index (χ0) is 18.9. The summed E-state index contributed by atoms with van der Waals surface area (Å²) in [6.07, 6.45) is 1.60. The number of hydrogen-bond donors (Lipinski definition) is 2. The van der Waals surface area contributed by atoms with Crippen molar-refractivity contribution in [1.82, 2.24) is 15.0 Å². The second kappa shape index (κ2) is 6.63. The van der Waals surface area contributed by atoms with E-state index >= 15 is 0 Å². The minimum absolute atomic E-state index is 0.163. The number of nitrogens with one attached hydrogen (secondary N) is 2. The maximum absolute atomic E-state index is 12.4. The van der Waals surface area contributed by atoms with Crippen LogP contribution >= 0.6 is 0 Å². The Morgan fingerprint density at radius 1 is 0.821 bits per heavy atom. The number of aliphatic imine (C=N–C) groups is 1. The van der Waals surface area contributed by atoms with E-state index in [4.69, 9.17) is 0 Å². The first-order chi connectivity index (χ1) is 13.8. The van der Waals surface area contributed by atoms with E-state index in [0.717, 1.165) is 39.0 Å². The van der Waals surface area contributed by atoms with E-state index in [1.54, 1.807) is 6.21 Å². The highest BCUT2D eigenvalue weighted by Gasteiger charge is 2.09. The second-order valence-electron chi connectivity index (χ2n) is 6.52. The van der Waals surface area contributed by atoms with E-state index in [9.17, 15) is 4.79 Å². The van der Waals surface area contributed by atoms with Gasteiger partial charge in [0.05, 0.1) is 22.3 Å². The van der Waals surface area contributed by atoms with Gasteiger partial charge in [-0.1, -0.05) is 42.5 Å². The Hall–Kier alpha value is -3.99. The third kappa shape index (κ3) is 2.89. The number of para-hydroxylation sites is 4. The Morgan fingerprint density at radius 3 is 2.46 bits per heavy atom. The van der Waals surface area contributed by atoms with Crippen LogP contribution in [0, 0.1) is 0 Å². The highest BCUT2D eigenvalue weighted by atomic mass is 16.1. The van der Waals surface area contributed by atoms with Crippen LogP contribution in [0.15, 0.2) is 88.6 Å². The van der Waals surface area contributed by atoms with E-state index in [1.807, 2.05) is 78.9 Å². The van der Waals surface area contributed by atoms with E-state index in [2.05, 4.69) is 19.9 Å². The van der Waals surface area contributed by atoms with Crippen LogP contribution in [0.25, 0.3) is 33.3 Å². The van der Waals surface area contributed by atoms with Crippen molar-refractivity contribution in [3.8, 4) is 11.4 Å². The van der Waals surface area contributed by atoms with Gasteiger partial charge < -0.3 is 9.97 Å². The van der Waals surface area contributed by atoms with Crippen molar-refractivity contribution in [2.45, 2.75) is 0 Å². The first-order valence-corrected chi connectivity index (χ1v) is 8.98. The molecule has 0 aliphatic heterocycles. The predicted molar refractivity (Wildman–Crippen MR) is 113 cm³/mol. The third-order valence-corrected chi connectivity index (χ3v) is 4.67. The molecule has 134 valence electrons. The van der Waals surface area contributed by atoms with E-state index in [0.29, 0.717) is 5.56 Å². The van der Waals surface area contributed by atoms with Gasteiger partial charge in [0.25, 0.3) is 5.56 Å². The monoisotopic (exact) mass is 364 g/mol. The van der Waals surface area contributed by atoms with Gasteiger partial charge in [-0.3, -0.25) is 9.79 Å². The summed E-state index contributed by atoms with van der Waals surface area (Å²) >= 11 is 0. The summed E-state index contributed by atoms with van der Waals surface area (Å²) in [7, 11) is 0. The van der Waals surface area contributed by atoms with E-state index in [1.165, 1.54) is 0 Å². The van der Waals surface area contributed by atoms with Gasteiger partial charge in [0.1, 0.15) is 5.82 Å². The highest BCUT2D eigenvalue weighted by Crippen LogP contribution is 2.29. The van der Waals surface area contributed by atoms with Crippen molar-refractivity contribution >= 4 is 33.8 Å². The third-order valence-electron chi connectivity index (χ3n) is 4.67. The molecule has 2 heterocycles. The van der Waals surface area contributed by atoms with Crippen LogP contribution in [0.1, 0.15) is 5.56 Å². The number of pyridine rings is 1. The Balaban J connectivity index is 1.58. The Bertz CT molecular complexity index is 1360. The quantitative estimate of drug-likeness (QED) is 0.450. The van der Waals surface area contributed by atoms with Gasteiger partial charge >= 0.3 is 0 Å². The van der Waals surface area contributed by atoms with Crippen LogP contribution in [0.3, 0.4) is 0 Å². The molecule has 0 atom stereocenters. The van der Waals surface area contributed by atoms with Crippen LogP contribution in [0.5, 0.6) is 0 Å². The molecule has 28 heavy (non-hydrogen) atoms. The van der Waals surface area contributed by atoms with Crippen molar-refractivity contribution in [3.63, 3.8) is 0 Å². The molecule has 0 aliphatic carbocycles. The van der Waals surface area contributed by atoms with Gasteiger partial charge in [-0.15, -0.1) is 0 Å². The number of nitrogens with zero attached hydrogens (tertiary/aromatic N) is 2. The fourth-order valence-corrected chi connectivity index (χ4v) is 3.27. The summed E-state index contributed by atoms with van der Waals surface area (Å²) in [5.41, 5.74) is 4.67. The summed E-state index contributed by atoms with van der Waals surface area (Å²) < 4.78 is 0. The highest BCUT2D eigenvalue weighted by molar-refractivity contribution is 5.90. The van der Waals surface area contributed by atoms with Gasteiger partial charge in [-0.2, -0.15) is 0 Å². The van der Waals surface area contributed by atoms with Crippen molar-refractivity contribution in [1.29, 1.82) is 0 Å². The van der Waals surface area contributed by atoms with Crippen LogP contribution in [-0.2, 0) is 0 Å². The summed E-state index contributed by atoms with van der Waals surface area (Å²) in [4.78, 5) is 27.8. The van der Waals surface area contributed by atoms with Crippen molar-refractivity contribution in [2.75, 3.05) is 0 Å². The first-order valence-electron chi connectivity index (χ1n) is 8.98. The van der Waals surface area contributed by atoms with Gasteiger partial charge in [0.15, 0.2) is 0 Å². The molecular weight excluding hydrogens is 348 g/mol. The molecule has 0 saturated heterocycles. The fourth-order valence-electron chi connectivity index (χ4n) is 3.27. The molecule has 2 N–H and O–H groups in total. The Kier molecular flexibility index (Phi) is 3.84. The lowest BCUT2D eigenvalue weighted by molar-refractivity contribution is 1.29. The molecular formula is C23H16N4O. The van der Waals surface area contributed by atoms with Crippen molar-refractivity contribution in [2.24, 2.45) is 4.99 Å². The minimum Gasteiger partial charge on any atom is -0.338 e. The number of imidazole rings is 1. The lowest BCUT2D eigenvalue weighted by atomic mass is 10.1. The Morgan fingerprint density at radius 2 is 1.57 bits per heavy atom. The van der Waals surface area contributed by atoms with E-state index < -0.39 is 0 Å². The van der Waals surface area contributed by atoms with Crippen molar-refractivity contribution in [3.05, 3.63) is 94.8 Å². The van der Waals surface area contributed by atoms with Crippen LogP contribution in [-0.4, -0.2) is 21.2 Å². The molecule has 0 saturated carbocycles. The molecule has 0 bridgehead atoms. The number of rotatable bonds is 3. The average Bonchev–Trinajstić information content (AvgIpc) is 3.16. The van der Waals surface area contributed by atoms with Gasteiger partial charge in [0, 0.05) is 17.3 Å². The number of aromatic amines is 2. The first kappa shape index (κ1) is 16.2. The smallest absolute Gasteiger partial charge is 0.257 e. The molecule has 2 aromatic heterocycles. The Labute approximate surface area is 160 Å². The SMILES string of the molecule is O=c1[nH]c2ccccc2cc1C=Nc1ccccc1-c1nc2ccccc2[nH]1.